The second-order valence-corrected chi connectivity index (χ2v) is 5.58. The molecule has 0 amide bonds. The minimum absolute atomic E-state index is 0.0112. The van der Waals surface area contributed by atoms with Gasteiger partial charge in [0, 0.05) is 16.3 Å². The topological polar surface area (TPSA) is 106 Å². The van der Waals surface area contributed by atoms with E-state index in [1.165, 1.54) is 23.9 Å². The molecule has 15 heavy (non-hydrogen) atoms. The molecule has 0 aliphatic rings. The zero-order valence-electron chi connectivity index (χ0n) is 7.88. The Bertz CT molecular complexity index is 445. The van der Waals surface area contributed by atoms with Crippen LogP contribution in [-0.2, 0) is 10.0 Å². The van der Waals surface area contributed by atoms with Crippen LogP contribution in [0.5, 0.6) is 0 Å². The summed E-state index contributed by atoms with van der Waals surface area (Å²) in [5, 5.41) is 13.6. The molecule has 0 radical (unpaired) electrons. The standard InChI is InChI=1S/C8H12N2O3S2/c9-6-3-7(14-2-1-11)5-8(4-6)15(10,12)13/h3-5,11H,1-2,9H2,(H2,10,12,13). The molecule has 0 atom stereocenters. The van der Waals surface area contributed by atoms with Crippen molar-refractivity contribution >= 4 is 27.5 Å². The number of primary sulfonamides is 1. The molecule has 84 valence electrons. The van der Waals surface area contributed by atoms with Crippen molar-refractivity contribution in [1.82, 2.24) is 0 Å². The molecule has 0 spiro atoms. The SMILES string of the molecule is Nc1cc(SCCO)cc(S(N)(=O)=O)c1. The fourth-order valence-corrected chi connectivity index (χ4v) is 2.43. The van der Waals surface area contributed by atoms with Gasteiger partial charge >= 0.3 is 0 Å². The Morgan fingerprint density at radius 2 is 2.00 bits per heavy atom. The van der Waals surface area contributed by atoms with Crippen LogP contribution in [0.3, 0.4) is 0 Å². The summed E-state index contributed by atoms with van der Waals surface area (Å²) in [6.07, 6.45) is 0. The highest BCUT2D eigenvalue weighted by Gasteiger charge is 2.09. The molecule has 0 saturated heterocycles. The van der Waals surface area contributed by atoms with Crippen LogP contribution >= 0.6 is 11.8 Å². The first-order valence-corrected chi connectivity index (χ1v) is 6.63. The number of rotatable bonds is 4. The molecule has 0 saturated carbocycles. The van der Waals surface area contributed by atoms with Gasteiger partial charge in [-0.2, -0.15) is 0 Å². The van der Waals surface area contributed by atoms with Crippen LogP contribution in [0, 0.1) is 0 Å². The Morgan fingerprint density at radius 1 is 1.33 bits per heavy atom. The number of sulfonamides is 1. The van der Waals surface area contributed by atoms with Crippen molar-refractivity contribution < 1.29 is 13.5 Å². The summed E-state index contributed by atoms with van der Waals surface area (Å²) in [5.41, 5.74) is 5.87. The number of hydrogen-bond acceptors (Lipinski definition) is 5. The fraction of sp³-hybridized carbons (Fsp3) is 0.250. The summed E-state index contributed by atoms with van der Waals surface area (Å²) in [5.74, 6) is 0.480. The smallest absolute Gasteiger partial charge is 0.238 e. The van der Waals surface area contributed by atoms with E-state index in [4.69, 9.17) is 16.0 Å². The summed E-state index contributed by atoms with van der Waals surface area (Å²) in [6, 6.07) is 4.37. The summed E-state index contributed by atoms with van der Waals surface area (Å²) in [6.45, 7) is 0.0180. The van der Waals surface area contributed by atoms with Gasteiger partial charge in [-0.25, -0.2) is 13.6 Å². The number of thioether (sulfide) groups is 1. The lowest BCUT2D eigenvalue weighted by atomic mass is 10.3. The number of aliphatic hydroxyl groups excluding tert-OH is 1. The van der Waals surface area contributed by atoms with Crippen LogP contribution in [0.1, 0.15) is 0 Å². The lowest BCUT2D eigenvalue weighted by molar-refractivity contribution is 0.322. The van der Waals surface area contributed by atoms with Gasteiger partial charge in [-0.3, -0.25) is 0 Å². The van der Waals surface area contributed by atoms with Gasteiger partial charge < -0.3 is 10.8 Å². The highest BCUT2D eigenvalue weighted by molar-refractivity contribution is 7.99. The van der Waals surface area contributed by atoms with Gasteiger partial charge in [0.25, 0.3) is 0 Å². The van der Waals surface area contributed by atoms with Gasteiger partial charge in [0.2, 0.25) is 10.0 Å². The Hall–Kier alpha value is -0.760. The molecule has 5 N–H and O–H groups in total. The molecular weight excluding hydrogens is 236 g/mol. The van der Waals surface area contributed by atoms with E-state index in [1.54, 1.807) is 6.07 Å². The van der Waals surface area contributed by atoms with E-state index in [1.807, 2.05) is 0 Å². The number of hydrogen-bond donors (Lipinski definition) is 3. The number of anilines is 1. The van der Waals surface area contributed by atoms with E-state index in [0.717, 1.165) is 0 Å². The molecule has 0 bridgehead atoms. The van der Waals surface area contributed by atoms with Gasteiger partial charge in [0.1, 0.15) is 0 Å². The lowest BCUT2D eigenvalue weighted by Crippen LogP contribution is -2.12. The zero-order chi connectivity index (χ0) is 11.5. The lowest BCUT2D eigenvalue weighted by Gasteiger charge is -2.04. The maximum absolute atomic E-state index is 11.1. The van der Waals surface area contributed by atoms with Crippen LogP contribution < -0.4 is 10.9 Å². The summed E-state index contributed by atoms with van der Waals surface area (Å²) >= 11 is 1.31. The molecule has 0 unspecified atom stereocenters. The van der Waals surface area contributed by atoms with Crippen LogP contribution in [0.2, 0.25) is 0 Å². The highest BCUT2D eigenvalue weighted by Crippen LogP contribution is 2.24. The fourth-order valence-electron chi connectivity index (χ4n) is 1.00. The van der Waals surface area contributed by atoms with E-state index in [9.17, 15) is 8.42 Å². The van der Waals surface area contributed by atoms with Crippen molar-refractivity contribution in [3.8, 4) is 0 Å². The van der Waals surface area contributed by atoms with E-state index in [2.05, 4.69) is 0 Å². The zero-order valence-corrected chi connectivity index (χ0v) is 9.51. The Morgan fingerprint density at radius 3 is 2.53 bits per heavy atom. The summed E-state index contributed by atoms with van der Waals surface area (Å²) in [7, 11) is -3.73. The molecule has 0 heterocycles. The van der Waals surface area contributed by atoms with Crippen LogP contribution in [-0.4, -0.2) is 25.9 Å². The van der Waals surface area contributed by atoms with Crippen LogP contribution in [0.25, 0.3) is 0 Å². The van der Waals surface area contributed by atoms with Crippen molar-refractivity contribution in [3.05, 3.63) is 18.2 Å². The molecule has 1 aromatic carbocycles. The highest BCUT2D eigenvalue weighted by atomic mass is 32.2. The second kappa shape index (κ2) is 4.84. The molecule has 0 aliphatic carbocycles. The van der Waals surface area contributed by atoms with Crippen molar-refractivity contribution in [2.75, 3.05) is 18.1 Å². The second-order valence-electron chi connectivity index (χ2n) is 2.85. The number of benzene rings is 1. The maximum Gasteiger partial charge on any atom is 0.238 e. The van der Waals surface area contributed by atoms with Crippen molar-refractivity contribution in [3.63, 3.8) is 0 Å². The van der Waals surface area contributed by atoms with E-state index >= 15 is 0 Å². The van der Waals surface area contributed by atoms with Crippen molar-refractivity contribution in [1.29, 1.82) is 0 Å². The monoisotopic (exact) mass is 248 g/mol. The van der Waals surface area contributed by atoms with Gasteiger partial charge in [0.15, 0.2) is 0 Å². The first kappa shape index (κ1) is 12.3. The Balaban J connectivity index is 3.06. The van der Waals surface area contributed by atoms with E-state index in [-0.39, 0.29) is 11.5 Å². The third kappa shape index (κ3) is 3.71. The molecule has 0 aliphatic heterocycles. The minimum atomic E-state index is -3.73. The molecule has 5 nitrogen and oxygen atoms in total. The average Bonchev–Trinajstić information content (AvgIpc) is 2.12. The molecule has 0 fully saturated rings. The average molecular weight is 248 g/mol. The predicted octanol–water partition coefficient (Wildman–Crippen LogP) is 0.000600. The summed E-state index contributed by atoms with van der Waals surface area (Å²) < 4.78 is 22.1. The number of nitrogens with two attached hydrogens (primary N) is 2. The predicted molar refractivity (Wildman–Crippen MR) is 60.0 cm³/mol. The molecule has 0 aromatic heterocycles. The number of nitrogen functional groups attached to an aromatic ring is 1. The van der Waals surface area contributed by atoms with Crippen molar-refractivity contribution in [2.24, 2.45) is 5.14 Å². The van der Waals surface area contributed by atoms with Gasteiger partial charge in [-0.15, -0.1) is 11.8 Å². The first-order chi connectivity index (χ1) is 6.93. The minimum Gasteiger partial charge on any atom is -0.399 e. The maximum atomic E-state index is 11.1. The largest absolute Gasteiger partial charge is 0.399 e. The van der Waals surface area contributed by atoms with Gasteiger partial charge in [-0.05, 0) is 18.2 Å². The van der Waals surface area contributed by atoms with Crippen LogP contribution in [0.4, 0.5) is 5.69 Å². The normalized spacial score (nSPS) is 11.6. The van der Waals surface area contributed by atoms with E-state index < -0.39 is 10.0 Å². The van der Waals surface area contributed by atoms with Crippen molar-refractivity contribution in [2.45, 2.75) is 9.79 Å². The first-order valence-electron chi connectivity index (χ1n) is 4.10. The molecule has 1 aromatic rings. The summed E-state index contributed by atoms with van der Waals surface area (Å²) in [4.78, 5) is 0.663. The molecule has 7 heteroatoms. The molecular formula is C8H12N2O3S2. The number of aliphatic hydroxyl groups is 1. The van der Waals surface area contributed by atoms with Crippen LogP contribution in [0.15, 0.2) is 28.0 Å². The molecule has 1 rings (SSSR count). The third-order valence-electron chi connectivity index (χ3n) is 1.59. The van der Waals surface area contributed by atoms with E-state index in [0.29, 0.717) is 16.3 Å². The van der Waals surface area contributed by atoms with Gasteiger partial charge in [0.05, 0.1) is 11.5 Å². The third-order valence-corrected chi connectivity index (χ3v) is 3.44. The Labute approximate surface area is 92.5 Å². The Kier molecular flexibility index (Phi) is 3.97. The van der Waals surface area contributed by atoms with Gasteiger partial charge in [-0.1, -0.05) is 0 Å². The quantitative estimate of drug-likeness (QED) is 0.513.